The molecule has 0 spiro atoms. The summed E-state index contributed by atoms with van der Waals surface area (Å²) in [5.41, 5.74) is 1.07. The standard InChI is InChI=1S/C19H25N5O2/c1-2-3-12-24-18(25)7-6-16(22-24)19(26)21-14-15-8-9-20-17(13-15)23-10-4-5-11-23/h6-9,13H,2-5,10-12,14H2,1H3,(H,21,26). The zero-order chi connectivity index (χ0) is 18.4. The number of carbonyl (C=O) groups excluding carboxylic acids is 1. The van der Waals surface area contributed by atoms with Crippen molar-refractivity contribution in [1.82, 2.24) is 20.1 Å². The normalized spacial score (nSPS) is 13.8. The van der Waals surface area contributed by atoms with Crippen LogP contribution in [0.15, 0.2) is 35.3 Å². The lowest BCUT2D eigenvalue weighted by atomic mass is 10.2. The molecule has 1 aliphatic rings. The fraction of sp³-hybridized carbons (Fsp3) is 0.474. The van der Waals surface area contributed by atoms with E-state index in [2.05, 4.69) is 20.3 Å². The number of nitrogens with zero attached hydrogens (tertiary/aromatic N) is 4. The highest BCUT2D eigenvalue weighted by molar-refractivity contribution is 5.91. The molecule has 0 unspecified atom stereocenters. The van der Waals surface area contributed by atoms with E-state index in [-0.39, 0.29) is 17.2 Å². The summed E-state index contributed by atoms with van der Waals surface area (Å²) < 4.78 is 1.36. The van der Waals surface area contributed by atoms with Gasteiger partial charge in [-0.25, -0.2) is 9.67 Å². The van der Waals surface area contributed by atoms with Crippen LogP contribution in [0, 0.1) is 0 Å². The van der Waals surface area contributed by atoms with Gasteiger partial charge in [0.25, 0.3) is 11.5 Å². The van der Waals surface area contributed by atoms with Gasteiger partial charge in [-0.15, -0.1) is 0 Å². The summed E-state index contributed by atoms with van der Waals surface area (Å²) in [4.78, 5) is 30.9. The van der Waals surface area contributed by atoms with Gasteiger partial charge < -0.3 is 10.2 Å². The van der Waals surface area contributed by atoms with Crippen molar-refractivity contribution in [2.24, 2.45) is 0 Å². The Hall–Kier alpha value is -2.70. The van der Waals surface area contributed by atoms with Crippen molar-refractivity contribution in [3.63, 3.8) is 0 Å². The summed E-state index contributed by atoms with van der Waals surface area (Å²) in [6.07, 6.45) is 5.99. The Kier molecular flexibility index (Phi) is 5.99. The molecule has 3 heterocycles. The zero-order valence-corrected chi connectivity index (χ0v) is 15.1. The lowest BCUT2D eigenvalue weighted by Gasteiger charge is -2.17. The minimum absolute atomic E-state index is 0.181. The van der Waals surface area contributed by atoms with E-state index >= 15 is 0 Å². The highest BCUT2D eigenvalue weighted by Gasteiger charge is 2.14. The number of amides is 1. The topological polar surface area (TPSA) is 80.1 Å². The molecule has 0 aliphatic carbocycles. The predicted octanol–water partition coefficient (Wildman–Crippen LogP) is 1.97. The smallest absolute Gasteiger partial charge is 0.271 e. The van der Waals surface area contributed by atoms with E-state index in [1.807, 2.05) is 19.1 Å². The second-order valence-electron chi connectivity index (χ2n) is 6.53. The van der Waals surface area contributed by atoms with Crippen LogP contribution in [0.1, 0.15) is 48.7 Å². The summed E-state index contributed by atoms with van der Waals surface area (Å²) >= 11 is 0. The molecule has 0 aromatic carbocycles. The van der Waals surface area contributed by atoms with E-state index < -0.39 is 0 Å². The molecular formula is C19H25N5O2. The third-order valence-corrected chi connectivity index (χ3v) is 4.52. The van der Waals surface area contributed by atoms with Crippen molar-refractivity contribution in [3.05, 3.63) is 52.1 Å². The number of aromatic nitrogens is 3. The SMILES string of the molecule is CCCCn1nc(C(=O)NCc2ccnc(N3CCCC3)c2)ccc1=O. The molecule has 1 amide bonds. The minimum Gasteiger partial charge on any atom is -0.357 e. The molecule has 2 aromatic rings. The Bertz CT molecular complexity index is 812. The van der Waals surface area contributed by atoms with Crippen molar-refractivity contribution in [2.45, 2.75) is 45.7 Å². The first kappa shape index (κ1) is 18.1. The summed E-state index contributed by atoms with van der Waals surface area (Å²) in [6.45, 7) is 5.04. The van der Waals surface area contributed by atoms with Gasteiger partial charge in [-0.2, -0.15) is 5.10 Å². The Labute approximate surface area is 153 Å². The van der Waals surface area contributed by atoms with Crippen LogP contribution in [0.5, 0.6) is 0 Å². The number of pyridine rings is 1. The summed E-state index contributed by atoms with van der Waals surface area (Å²) in [5.74, 6) is 0.676. The number of anilines is 1. The first-order chi connectivity index (χ1) is 12.7. The van der Waals surface area contributed by atoms with Gasteiger partial charge in [0.05, 0.1) is 0 Å². The number of rotatable bonds is 7. The van der Waals surface area contributed by atoms with Crippen LogP contribution in [0.4, 0.5) is 5.82 Å². The molecule has 0 atom stereocenters. The lowest BCUT2D eigenvalue weighted by Crippen LogP contribution is -2.29. The molecule has 0 radical (unpaired) electrons. The van der Waals surface area contributed by atoms with E-state index in [1.165, 1.54) is 29.7 Å². The van der Waals surface area contributed by atoms with E-state index in [4.69, 9.17) is 0 Å². The van der Waals surface area contributed by atoms with Crippen molar-refractivity contribution in [1.29, 1.82) is 0 Å². The fourth-order valence-corrected chi connectivity index (χ4v) is 3.00. The number of hydrogen-bond donors (Lipinski definition) is 1. The maximum atomic E-state index is 12.4. The molecule has 138 valence electrons. The molecule has 1 aliphatic heterocycles. The predicted molar refractivity (Wildman–Crippen MR) is 100 cm³/mol. The van der Waals surface area contributed by atoms with Crippen molar-refractivity contribution < 1.29 is 4.79 Å². The number of aryl methyl sites for hydroxylation is 1. The van der Waals surface area contributed by atoms with Gasteiger partial charge in [0, 0.05) is 38.4 Å². The number of nitrogens with one attached hydrogen (secondary N) is 1. The molecule has 2 aromatic heterocycles. The van der Waals surface area contributed by atoms with E-state index in [0.29, 0.717) is 13.1 Å². The molecular weight excluding hydrogens is 330 g/mol. The Morgan fingerprint density at radius 1 is 1.23 bits per heavy atom. The lowest BCUT2D eigenvalue weighted by molar-refractivity contribution is 0.0943. The van der Waals surface area contributed by atoms with Crippen LogP contribution >= 0.6 is 0 Å². The maximum absolute atomic E-state index is 12.4. The zero-order valence-electron chi connectivity index (χ0n) is 15.1. The third-order valence-electron chi connectivity index (χ3n) is 4.52. The highest BCUT2D eigenvalue weighted by Crippen LogP contribution is 2.18. The van der Waals surface area contributed by atoms with Gasteiger partial charge in [-0.05, 0) is 43.0 Å². The highest BCUT2D eigenvalue weighted by atomic mass is 16.2. The van der Waals surface area contributed by atoms with E-state index in [0.717, 1.165) is 37.3 Å². The maximum Gasteiger partial charge on any atom is 0.271 e. The minimum atomic E-state index is -0.283. The first-order valence-electron chi connectivity index (χ1n) is 9.23. The summed E-state index contributed by atoms with van der Waals surface area (Å²) in [7, 11) is 0. The van der Waals surface area contributed by atoms with E-state index in [1.54, 1.807) is 6.20 Å². The van der Waals surface area contributed by atoms with Crippen LogP contribution in [0.3, 0.4) is 0 Å². The van der Waals surface area contributed by atoms with Crippen molar-refractivity contribution in [3.8, 4) is 0 Å². The molecule has 1 N–H and O–H groups in total. The molecule has 0 bridgehead atoms. The molecule has 7 nitrogen and oxygen atoms in total. The van der Waals surface area contributed by atoms with Gasteiger partial charge in [-0.1, -0.05) is 13.3 Å². The molecule has 1 saturated heterocycles. The Morgan fingerprint density at radius 3 is 2.81 bits per heavy atom. The van der Waals surface area contributed by atoms with Crippen LogP contribution in [0.2, 0.25) is 0 Å². The van der Waals surface area contributed by atoms with Crippen molar-refractivity contribution in [2.75, 3.05) is 18.0 Å². The molecule has 3 rings (SSSR count). The average Bonchev–Trinajstić information content (AvgIpc) is 3.20. The van der Waals surface area contributed by atoms with Gasteiger partial charge in [-0.3, -0.25) is 9.59 Å². The van der Waals surface area contributed by atoms with Crippen LogP contribution in [-0.2, 0) is 13.1 Å². The molecule has 7 heteroatoms. The summed E-state index contributed by atoms with van der Waals surface area (Å²) in [5, 5.41) is 7.05. The fourth-order valence-electron chi connectivity index (χ4n) is 3.00. The Morgan fingerprint density at radius 2 is 2.04 bits per heavy atom. The third kappa shape index (κ3) is 4.47. The monoisotopic (exact) mass is 355 g/mol. The molecule has 1 fully saturated rings. The largest absolute Gasteiger partial charge is 0.357 e. The average molecular weight is 355 g/mol. The van der Waals surface area contributed by atoms with Gasteiger partial charge >= 0.3 is 0 Å². The van der Waals surface area contributed by atoms with Gasteiger partial charge in [0.15, 0.2) is 0 Å². The number of hydrogen-bond acceptors (Lipinski definition) is 5. The summed E-state index contributed by atoms with van der Waals surface area (Å²) in [6, 6.07) is 6.79. The Balaban J connectivity index is 1.63. The second kappa shape index (κ2) is 8.60. The molecule has 26 heavy (non-hydrogen) atoms. The van der Waals surface area contributed by atoms with E-state index in [9.17, 15) is 9.59 Å². The number of unbranched alkanes of at least 4 members (excludes halogenated alkanes) is 1. The van der Waals surface area contributed by atoms with Crippen LogP contribution < -0.4 is 15.8 Å². The van der Waals surface area contributed by atoms with Crippen LogP contribution in [-0.4, -0.2) is 33.8 Å². The first-order valence-corrected chi connectivity index (χ1v) is 9.23. The van der Waals surface area contributed by atoms with Gasteiger partial charge in [0.1, 0.15) is 11.5 Å². The molecule has 0 saturated carbocycles. The quantitative estimate of drug-likeness (QED) is 0.821. The van der Waals surface area contributed by atoms with Crippen LogP contribution in [0.25, 0.3) is 0 Å². The van der Waals surface area contributed by atoms with Gasteiger partial charge in [0.2, 0.25) is 0 Å². The van der Waals surface area contributed by atoms with Crippen molar-refractivity contribution >= 4 is 11.7 Å². The second-order valence-corrected chi connectivity index (χ2v) is 6.53. The number of carbonyl (C=O) groups is 1.